The third kappa shape index (κ3) is 3.58. The smallest absolute Gasteiger partial charge is 0.101 e. The number of hydrogen-bond donors (Lipinski definition) is 0. The number of rotatable bonds is 5. The fraction of sp³-hybridized carbons (Fsp3) is 0.250. The first-order valence-corrected chi connectivity index (χ1v) is 7.55. The Hall–Kier alpha value is -1.86. The van der Waals surface area contributed by atoms with Crippen LogP contribution in [0, 0.1) is 11.3 Å². The van der Waals surface area contributed by atoms with Crippen molar-refractivity contribution in [3.8, 4) is 6.07 Å². The van der Waals surface area contributed by atoms with Crippen LogP contribution in [0.3, 0.4) is 0 Å². The number of halogens is 1. The molecule has 0 radical (unpaired) electrons. The predicted molar refractivity (Wildman–Crippen MR) is 85.0 cm³/mol. The van der Waals surface area contributed by atoms with Crippen molar-refractivity contribution in [2.45, 2.75) is 11.8 Å². The lowest BCUT2D eigenvalue weighted by molar-refractivity contribution is 0.873. The summed E-state index contributed by atoms with van der Waals surface area (Å²) < 4.78 is 0. The molecule has 0 unspecified atom stereocenters. The van der Waals surface area contributed by atoms with E-state index in [1.165, 1.54) is 5.56 Å². The van der Waals surface area contributed by atoms with E-state index in [9.17, 15) is 5.26 Å². The van der Waals surface area contributed by atoms with Crippen molar-refractivity contribution >= 4 is 21.6 Å². The van der Waals surface area contributed by atoms with Crippen LogP contribution in [-0.4, -0.2) is 18.6 Å². The molecule has 1 aromatic heterocycles. The summed E-state index contributed by atoms with van der Waals surface area (Å²) in [5.41, 5.74) is 4.07. The molecular weight excluding hydrogens is 314 g/mol. The standard InChI is InChI=1S/C16H16BrN3/c1-20(9-6-13-4-7-19-8-5-13)16-3-2-14(11-17)10-15(16)12-18/h2-5,7-8,10H,6,9,11H2,1H3. The fourth-order valence-electron chi connectivity index (χ4n) is 2.06. The van der Waals surface area contributed by atoms with Crippen molar-refractivity contribution in [1.29, 1.82) is 5.26 Å². The number of hydrogen-bond acceptors (Lipinski definition) is 3. The SMILES string of the molecule is CN(CCc1ccncc1)c1ccc(CBr)cc1C#N. The molecule has 0 fully saturated rings. The number of benzene rings is 1. The highest BCUT2D eigenvalue weighted by Crippen LogP contribution is 2.21. The molecular formula is C16H16BrN3. The van der Waals surface area contributed by atoms with Crippen LogP contribution in [0.1, 0.15) is 16.7 Å². The van der Waals surface area contributed by atoms with Crippen LogP contribution in [0.4, 0.5) is 5.69 Å². The van der Waals surface area contributed by atoms with Crippen molar-refractivity contribution < 1.29 is 0 Å². The molecule has 2 aromatic rings. The molecule has 0 aliphatic heterocycles. The average molecular weight is 330 g/mol. The summed E-state index contributed by atoms with van der Waals surface area (Å²) in [6.45, 7) is 0.867. The van der Waals surface area contributed by atoms with Gasteiger partial charge < -0.3 is 4.90 Å². The molecule has 0 saturated heterocycles. The average Bonchev–Trinajstić information content (AvgIpc) is 2.52. The van der Waals surface area contributed by atoms with Crippen molar-refractivity contribution in [1.82, 2.24) is 4.98 Å². The Balaban J connectivity index is 2.09. The Labute approximate surface area is 128 Å². The van der Waals surface area contributed by atoms with Crippen molar-refractivity contribution in [2.24, 2.45) is 0 Å². The third-order valence-electron chi connectivity index (χ3n) is 3.23. The van der Waals surface area contributed by atoms with Crippen LogP contribution in [0.25, 0.3) is 0 Å². The van der Waals surface area contributed by atoms with Gasteiger partial charge in [0.05, 0.1) is 11.3 Å². The van der Waals surface area contributed by atoms with E-state index in [2.05, 4.69) is 31.9 Å². The Bertz CT molecular complexity index is 605. The van der Waals surface area contributed by atoms with Gasteiger partial charge in [0.25, 0.3) is 0 Å². The summed E-state index contributed by atoms with van der Waals surface area (Å²) >= 11 is 3.41. The van der Waals surface area contributed by atoms with E-state index in [0.29, 0.717) is 0 Å². The number of alkyl halides is 1. The highest BCUT2D eigenvalue weighted by Gasteiger charge is 2.08. The number of nitriles is 1. The molecule has 0 aliphatic rings. The van der Waals surface area contributed by atoms with Crippen molar-refractivity contribution in [3.63, 3.8) is 0 Å². The van der Waals surface area contributed by atoms with E-state index in [4.69, 9.17) is 0 Å². The largest absolute Gasteiger partial charge is 0.373 e. The maximum atomic E-state index is 9.27. The predicted octanol–water partition coefficient (Wildman–Crippen LogP) is 3.53. The van der Waals surface area contributed by atoms with Gasteiger partial charge in [0.15, 0.2) is 0 Å². The third-order valence-corrected chi connectivity index (χ3v) is 3.88. The fourth-order valence-corrected chi connectivity index (χ4v) is 2.40. The summed E-state index contributed by atoms with van der Waals surface area (Å²) in [6, 6.07) is 12.3. The van der Waals surface area contributed by atoms with E-state index in [0.717, 1.165) is 35.1 Å². The van der Waals surface area contributed by atoms with Crippen LogP contribution in [-0.2, 0) is 11.8 Å². The second-order valence-electron chi connectivity index (χ2n) is 4.62. The van der Waals surface area contributed by atoms with E-state index in [-0.39, 0.29) is 0 Å². The van der Waals surface area contributed by atoms with Gasteiger partial charge in [-0.1, -0.05) is 22.0 Å². The maximum Gasteiger partial charge on any atom is 0.101 e. The molecule has 0 atom stereocenters. The van der Waals surface area contributed by atoms with Gasteiger partial charge in [-0.25, -0.2) is 0 Å². The number of pyridine rings is 1. The summed E-state index contributed by atoms with van der Waals surface area (Å²) in [5, 5.41) is 10.0. The molecule has 0 amide bonds. The molecule has 20 heavy (non-hydrogen) atoms. The van der Waals surface area contributed by atoms with Crippen LogP contribution in [0.15, 0.2) is 42.7 Å². The summed E-state index contributed by atoms with van der Waals surface area (Å²) in [4.78, 5) is 6.14. The molecule has 0 spiro atoms. The van der Waals surface area contributed by atoms with Crippen molar-refractivity contribution in [2.75, 3.05) is 18.5 Å². The minimum absolute atomic E-state index is 0.721. The second kappa shape index (κ2) is 7.06. The van der Waals surface area contributed by atoms with Crippen LogP contribution < -0.4 is 4.90 Å². The summed E-state index contributed by atoms with van der Waals surface area (Å²) in [5.74, 6) is 0. The summed E-state index contributed by atoms with van der Waals surface area (Å²) in [6.07, 6.45) is 4.55. The number of nitrogens with zero attached hydrogens (tertiary/aromatic N) is 3. The lowest BCUT2D eigenvalue weighted by Gasteiger charge is -2.21. The molecule has 0 N–H and O–H groups in total. The van der Waals surface area contributed by atoms with E-state index < -0.39 is 0 Å². The second-order valence-corrected chi connectivity index (χ2v) is 5.18. The monoisotopic (exact) mass is 329 g/mol. The quantitative estimate of drug-likeness (QED) is 0.788. The number of aromatic nitrogens is 1. The number of anilines is 1. The molecule has 0 saturated carbocycles. The van der Waals surface area contributed by atoms with Crippen molar-refractivity contribution in [3.05, 3.63) is 59.4 Å². The minimum atomic E-state index is 0.721. The van der Waals surface area contributed by atoms with E-state index in [1.54, 1.807) is 12.4 Å². The van der Waals surface area contributed by atoms with Gasteiger partial charge in [-0.05, 0) is 41.8 Å². The molecule has 102 valence electrons. The molecule has 0 bridgehead atoms. The first-order chi connectivity index (χ1) is 9.74. The highest BCUT2D eigenvalue weighted by atomic mass is 79.9. The Kier molecular flexibility index (Phi) is 5.14. The van der Waals surface area contributed by atoms with Gasteiger partial charge in [-0.2, -0.15) is 5.26 Å². The highest BCUT2D eigenvalue weighted by molar-refractivity contribution is 9.08. The lowest BCUT2D eigenvalue weighted by atomic mass is 10.1. The normalized spacial score (nSPS) is 10.1. The van der Waals surface area contributed by atoms with Gasteiger partial charge >= 0.3 is 0 Å². The zero-order chi connectivity index (χ0) is 14.4. The van der Waals surface area contributed by atoms with Gasteiger partial charge in [0.1, 0.15) is 6.07 Å². The van der Waals surface area contributed by atoms with E-state index in [1.807, 2.05) is 37.4 Å². The Morgan fingerprint density at radius 3 is 2.60 bits per heavy atom. The molecule has 1 heterocycles. The van der Waals surface area contributed by atoms with E-state index >= 15 is 0 Å². The molecule has 3 nitrogen and oxygen atoms in total. The first kappa shape index (κ1) is 14.5. The van der Waals surface area contributed by atoms with Gasteiger partial charge in [-0.3, -0.25) is 4.98 Å². The Morgan fingerprint density at radius 1 is 1.20 bits per heavy atom. The summed E-state index contributed by atoms with van der Waals surface area (Å²) in [7, 11) is 2.02. The van der Waals surface area contributed by atoms with Crippen LogP contribution in [0.5, 0.6) is 0 Å². The topological polar surface area (TPSA) is 39.9 Å². The van der Waals surface area contributed by atoms with Gasteiger partial charge in [-0.15, -0.1) is 0 Å². The molecule has 1 aromatic carbocycles. The molecule has 0 aliphatic carbocycles. The molecule has 4 heteroatoms. The molecule has 2 rings (SSSR count). The maximum absolute atomic E-state index is 9.27. The van der Waals surface area contributed by atoms with Crippen LogP contribution >= 0.6 is 15.9 Å². The Morgan fingerprint density at radius 2 is 1.95 bits per heavy atom. The minimum Gasteiger partial charge on any atom is -0.373 e. The van der Waals surface area contributed by atoms with Crippen LogP contribution in [0.2, 0.25) is 0 Å². The zero-order valence-corrected chi connectivity index (χ0v) is 13.0. The lowest BCUT2D eigenvalue weighted by Crippen LogP contribution is -2.21. The zero-order valence-electron chi connectivity index (χ0n) is 11.4. The van der Waals surface area contributed by atoms with Gasteiger partial charge in [0, 0.05) is 31.3 Å². The van der Waals surface area contributed by atoms with Gasteiger partial charge in [0.2, 0.25) is 0 Å². The first-order valence-electron chi connectivity index (χ1n) is 6.43. The number of likely N-dealkylation sites (N-methyl/N-ethyl adjacent to an activating group) is 1.